The van der Waals surface area contributed by atoms with Crippen molar-refractivity contribution in [3.8, 4) is 0 Å². The van der Waals surface area contributed by atoms with Gasteiger partial charge in [0, 0.05) is 37.6 Å². The molecule has 0 spiro atoms. The third-order valence-corrected chi connectivity index (χ3v) is 3.94. The quantitative estimate of drug-likeness (QED) is 0.360. The summed E-state index contributed by atoms with van der Waals surface area (Å²) in [5.74, 6) is -4.05. The monoisotopic (exact) mass is 396 g/mol. The number of carbonyl (C=O) groups is 4. The van der Waals surface area contributed by atoms with Crippen LogP contribution < -0.4 is 9.80 Å². The van der Waals surface area contributed by atoms with Crippen molar-refractivity contribution in [1.82, 2.24) is 0 Å². The molecule has 4 N–H and O–H groups in total. The second kappa shape index (κ2) is 11.4. The predicted molar refractivity (Wildman–Crippen MR) is 99.9 cm³/mol. The number of nitrogens with zero attached hydrogens (tertiary/aromatic N) is 2. The maximum Gasteiger partial charge on any atom is 0.305 e. The highest BCUT2D eigenvalue weighted by atomic mass is 16.4. The number of hydrogen-bond acceptors (Lipinski definition) is 6. The summed E-state index contributed by atoms with van der Waals surface area (Å²) in [7, 11) is 0. The van der Waals surface area contributed by atoms with Crippen molar-refractivity contribution in [2.24, 2.45) is 0 Å². The van der Waals surface area contributed by atoms with Crippen molar-refractivity contribution in [2.45, 2.75) is 25.7 Å². The topological polar surface area (TPSA) is 156 Å². The maximum absolute atomic E-state index is 10.9. The summed E-state index contributed by atoms with van der Waals surface area (Å²) in [6.07, 6.45) is -0.700. The van der Waals surface area contributed by atoms with E-state index in [2.05, 4.69) is 0 Å². The van der Waals surface area contributed by atoms with Gasteiger partial charge in [-0.3, -0.25) is 19.2 Å². The van der Waals surface area contributed by atoms with E-state index < -0.39 is 23.9 Å². The highest BCUT2D eigenvalue weighted by molar-refractivity contribution is 5.71. The number of benzene rings is 1. The van der Waals surface area contributed by atoms with Crippen LogP contribution in [0.15, 0.2) is 24.3 Å². The summed E-state index contributed by atoms with van der Waals surface area (Å²) >= 11 is 0. The first-order valence-electron chi connectivity index (χ1n) is 8.66. The fourth-order valence-corrected chi connectivity index (χ4v) is 2.55. The fourth-order valence-electron chi connectivity index (χ4n) is 2.55. The van der Waals surface area contributed by atoms with Crippen molar-refractivity contribution in [2.75, 3.05) is 36.0 Å². The van der Waals surface area contributed by atoms with E-state index in [1.165, 1.54) is 0 Å². The number of hydrogen-bond donors (Lipinski definition) is 4. The molecule has 0 saturated heterocycles. The van der Waals surface area contributed by atoms with Crippen molar-refractivity contribution >= 4 is 35.3 Å². The fraction of sp³-hybridized carbons (Fsp3) is 0.444. The maximum atomic E-state index is 10.9. The Balaban J connectivity index is 3.05. The molecule has 0 aromatic heterocycles. The number of anilines is 2. The van der Waals surface area contributed by atoms with E-state index in [-0.39, 0.29) is 51.9 Å². The van der Waals surface area contributed by atoms with Crippen molar-refractivity contribution in [1.29, 1.82) is 0 Å². The molecule has 0 radical (unpaired) electrons. The van der Waals surface area contributed by atoms with Crippen LogP contribution in [-0.4, -0.2) is 70.5 Å². The van der Waals surface area contributed by atoms with E-state index in [0.717, 1.165) is 0 Å². The second-order valence-electron chi connectivity index (χ2n) is 6.07. The largest absolute Gasteiger partial charge is 0.481 e. The molecule has 1 aromatic rings. The van der Waals surface area contributed by atoms with Crippen LogP contribution in [0.25, 0.3) is 0 Å². The molecule has 0 saturated carbocycles. The minimum atomic E-state index is -1.01. The van der Waals surface area contributed by atoms with Gasteiger partial charge in [-0.1, -0.05) is 6.07 Å². The molecule has 28 heavy (non-hydrogen) atoms. The van der Waals surface area contributed by atoms with Gasteiger partial charge in [0.05, 0.1) is 25.7 Å². The number of rotatable bonds is 14. The standard InChI is InChI=1S/C18H24N2O8/c21-15(22)4-8-19(9-5-16(23)24)13-2-1-3-14(12-13)20(10-6-17(25)26)11-7-18(27)28/h1-3,12H,4-11H2,(H,21,22)(H,23,24)(H,25,26)(H,27,28). The van der Waals surface area contributed by atoms with Crippen LogP contribution in [0.5, 0.6) is 0 Å². The van der Waals surface area contributed by atoms with Gasteiger partial charge in [0.15, 0.2) is 0 Å². The highest BCUT2D eigenvalue weighted by Gasteiger charge is 2.15. The van der Waals surface area contributed by atoms with Gasteiger partial charge in [-0.25, -0.2) is 0 Å². The molecule has 154 valence electrons. The predicted octanol–water partition coefficient (Wildman–Crippen LogP) is 1.20. The third kappa shape index (κ3) is 8.88. The Bertz CT molecular complexity index is 615. The molecule has 0 aliphatic rings. The molecule has 1 aromatic carbocycles. The number of carboxylic acids is 4. The molecule has 0 atom stereocenters. The molecule has 0 heterocycles. The Kier molecular flexibility index (Phi) is 9.28. The zero-order valence-electron chi connectivity index (χ0n) is 15.3. The average Bonchev–Trinajstić information content (AvgIpc) is 2.61. The summed E-state index contributed by atoms with van der Waals surface area (Å²) in [5.41, 5.74) is 1.16. The lowest BCUT2D eigenvalue weighted by molar-refractivity contribution is -0.138. The second-order valence-corrected chi connectivity index (χ2v) is 6.07. The Morgan fingerprint density at radius 1 is 0.607 bits per heavy atom. The number of carboxylic acid groups (broad SMARTS) is 4. The van der Waals surface area contributed by atoms with Crippen molar-refractivity contribution in [3.05, 3.63) is 24.3 Å². The first-order chi connectivity index (χ1) is 13.2. The van der Waals surface area contributed by atoms with Gasteiger partial charge in [0.1, 0.15) is 0 Å². The summed E-state index contributed by atoms with van der Waals surface area (Å²) in [6.45, 7) is 0.430. The van der Waals surface area contributed by atoms with Crippen LogP contribution in [-0.2, 0) is 19.2 Å². The molecular weight excluding hydrogens is 372 g/mol. The summed E-state index contributed by atoms with van der Waals surface area (Å²) < 4.78 is 0. The van der Waals surface area contributed by atoms with Crippen molar-refractivity contribution < 1.29 is 39.6 Å². The lowest BCUT2D eigenvalue weighted by Crippen LogP contribution is -2.30. The van der Waals surface area contributed by atoms with E-state index >= 15 is 0 Å². The van der Waals surface area contributed by atoms with Gasteiger partial charge < -0.3 is 30.2 Å². The molecule has 0 fully saturated rings. The van der Waals surface area contributed by atoms with Crippen molar-refractivity contribution in [3.63, 3.8) is 0 Å². The summed E-state index contributed by atoms with van der Waals surface area (Å²) in [6, 6.07) is 6.74. The van der Waals surface area contributed by atoms with Gasteiger partial charge in [-0.05, 0) is 18.2 Å². The zero-order valence-corrected chi connectivity index (χ0v) is 15.3. The van der Waals surface area contributed by atoms with Crippen LogP contribution in [0, 0.1) is 0 Å². The van der Waals surface area contributed by atoms with Gasteiger partial charge in [-0.15, -0.1) is 0 Å². The van der Waals surface area contributed by atoms with Crippen LogP contribution in [0.1, 0.15) is 25.7 Å². The molecule has 10 nitrogen and oxygen atoms in total. The molecule has 0 amide bonds. The molecule has 0 unspecified atom stereocenters. The van der Waals surface area contributed by atoms with E-state index in [4.69, 9.17) is 20.4 Å². The first kappa shape index (κ1) is 22.7. The summed E-state index contributed by atoms with van der Waals surface area (Å²) in [4.78, 5) is 46.8. The average molecular weight is 396 g/mol. The SMILES string of the molecule is O=C(O)CCN(CCC(=O)O)c1cccc(N(CCC(=O)O)CCC(=O)O)c1. The molecule has 0 bridgehead atoms. The van der Waals surface area contributed by atoms with E-state index in [1.807, 2.05) is 0 Å². The Morgan fingerprint density at radius 3 is 1.14 bits per heavy atom. The minimum Gasteiger partial charge on any atom is -0.481 e. The van der Waals surface area contributed by atoms with E-state index in [0.29, 0.717) is 11.4 Å². The van der Waals surface area contributed by atoms with Crippen LogP contribution in [0.3, 0.4) is 0 Å². The Hall–Kier alpha value is -3.30. The Morgan fingerprint density at radius 2 is 0.893 bits per heavy atom. The summed E-state index contributed by atoms with van der Waals surface area (Å²) in [5, 5.41) is 35.6. The lowest BCUT2D eigenvalue weighted by Gasteiger charge is -2.28. The highest BCUT2D eigenvalue weighted by Crippen LogP contribution is 2.24. The molecule has 10 heteroatoms. The number of aliphatic carboxylic acids is 4. The van der Waals surface area contributed by atoms with Crippen LogP contribution in [0.2, 0.25) is 0 Å². The van der Waals surface area contributed by atoms with Gasteiger partial charge in [0.25, 0.3) is 0 Å². The van der Waals surface area contributed by atoms with Crippen LogP contribution in [0.4, 0.5) is 11.4 Å². The third-order valence-electron chi connectivity index (χ3n) is 3.94. The van der Waals surface area contributed by atoms with Gasteiger partial charge >= 0.3 is 23.9 Å². The zero-order chi connectivity index (χ0) is 21.1. The Labute approximate surface area is 161 Å². The normalized spacial score (nSPS) is 10.3. The van der Waals surface area contributed by atoms with Gasteiger partial charge in [-0.2, -0.15) is 0 Å². The van der Waals surface area contributed by atoms with E-state index in [1.54, 1.807) is 34.1 Å². The minimum absolute atomic E-state index is 0.107. The first-order valence-corrected chi connectivity index (χ1v) is 8.66. The molecule has 0 aliphatic carbocycles. The van der Waals surface area contributed by atoms with Gasteiger partial charge in [0.2, 0.25) is 0 Å². The molecule has 0 aliphatic heterocycles. The molecule has 1 rings (SSSR count). The molecular formula is C18H24N2O8. The smallest absolute Gasteiger partial charge is 0.305 e. The van der Waals surface area contributed by atoms with Crippen LogP contribution >= 0.6 is 0 Å². The lowest BCUT2D eigenvalue weighted by atomic mass is 10.2. The van der Waals surface area contributed by atoms with E-state index in [9.17, 15) is 19.2 Å².